The molecule has 0 heterocycles. The van der Waals surface area contributed by atoms with Gasteiger partial charge in [0.2, 0.25) is 15.9 Å². The molecule has 29 heavy (non-hydrogen) atoms. The van der Waals surface area contributed by atoms with Crippen LogP contribution >= 0.6 is 0 Å². The first kappa shape index (κ1) is 20.4. The Labute approximate surface area is 169 Å². The third-order valence-electron chi connectivity index (χ3n) is 4.36. The minimum Gasteiger partial charge on any atom is -0.326 e. The van der Waals surface area contributed by atoms with Crippen molar-refractivity contribution in [3.63, 3.8) is 0 Å². The zero-order valence-corrected chi connectivity index (χ0v) is 16.4. The molecule has 0 radical (unpaired) electrons. The third-order valence-corrected chi connectivity index (χ3v) is 5.29. The third kappa shape index (κ3) is 5.60. The van der Waals surface area contributed by atoms with Crippen LogP contribution in [0.5, 0.6) is 0 Å². The second-order valence-corrected chi connectivity index (χ2v) is 8.07. The van der Waals surface area contributed by atoms with Gasteiger partial charge in [0.05, 0.1) is 4.90 Å². The number of sulfonamides is 1. The Balaban J connectivity index is 1.54. The second-order valence-electron chi connectivity index (χ2n) is 6.51. The van der Waals surface area contributed by atoms with Crippen LogP contribution in [-0.4, -0.2) is 20.1 Å². The van der Waals surface area contributed by atoms with Crippen molar-refractivity contribution in [1.29, 1.82) is 0 Å². The van der Waals surface area contributed by atoms with Crippen LogP contribution < -0.4 is 10.5 Å². The van der Waals surface area contributed by atoms with Gasteiger partial charge in [-0.15, -0.1) is 0 Å². The fourth-order valence-corrected chi connectivity index (χ4v) is 3.30. The summed E-state index contributed by atoms with van der Waals surface area (Å²) in [5, 5.41) is 7.76. The fourth-order valence-electron chi connectivity index (χ4n) is 2.79. The van der Waals surface area contributed by atoms with E-state index in [2.05, 4.69) is 5.32 Å². The normalized spacial score (nSPS) is 11.1. The van der Waals surface area contributed by atoms with E-state index >= 15 is 0 Å². The lowest BCUT2D eigenvalue weighted by Gasteiger charge is -2.07. The number of hydrogen-bond donors (Lipinski definition) is 2. The van der Waals surface area contributed by atoms with Crippen molar-refractivity contribution in [3.8, 4) is 0 Å². The van der Waals surface area contributed by atoms with E-state index in [1.807, 2.05) is 30.3 Å². The van der Waals surface area contributed by atoms with Crippen LogP contribution in [0.1, 0.15) is 27.9 Å². The molecule has 0 atom stereocenters. The van der Waals surface area contributed by atoms with E-state index in [0.29, 0.717) is 23.2 Å². The van der Waals surface area contributed by atoms with E-state index in [1.54, 1.807) is 24.3 Å². The molecule has 0 bridgehead atoms. The number of benzene rings is 3. The zero-order chi connectivity index (χ0) is 20.9. The van der Waals surface area contributed by atoms with Crippen LogP contribution in [-0.2, 0) is 21.2 Å². The second kappa shape index (κ2) is 8.81. The van der Waals surface area contributed by atoms with Crippen molar-refractivity contribution in [2.45, 2.75) is 17.7 Å². The van der Waals surface area contributed by atoms with E-state index < -0.39 is 10.0 Å². The predicted molar refractivity (Wildman–Crippen MR) is 111 cm³/mol. The Hall–Kier alpha value is -3.29. The smallest absolute Gasteiger partial charge is 0.238 e. The number of nitrogens with two attached hydrogens (primary N) is 1. The number of hydrogen-bond acceptors (Lipinski definition) is 4. The molecule has 0 aliphatic rings. The van der Waals surface area contributed by atoms with E-state index in [9.17, 15) is 18.0 Å². The molecule has 0 saturated carbocycles. The van der Waals surface area contributed by atoms with Crippen molar-refractivity contribution in [1.82, 2.24) is 0 Å². The minimum absolute atomic E-state index is 0.0133. The van der Waals surface area contributed by atoms with Gasteiger partial charge in [-0.25, -0.2) is 13.6 Å². The van der Waals surface area contributed by atoms with Crippen molar-refractivity contribution < 1.29 is 18.0 Å². The van der Waals surface area contributed by atoms with Crippen LogP contribution in [0.4, 0.5) is 5.69 Å². The maximum atomic E-state index is 12.4. The Bertz CT molecular complexity index is 1110. The number of amides is 1. The van der Waals surface area contributed by atoms with Gasteiger partial charge in [0, 0.05) is 23.2 Å². The molecule has 0 aromatic heterocycles. The molecule has 148 valence electrons. The molecular formula is C22H20N2O4S. The first-order valence-electron chi connectivity index (χ1n) is 8.94. The average molecular weight is 408 g/mol. The molecule has 0 fully saturated rings. The first-order valence-corrected chi connectivity index (χ1v) is 10.5. The average Bonchev–Trinajstić information content (AvgIpc) is 2.72. The predicted octanol–water partition coefficient (Wildman–Crippen LogP) is 3.14. The van der Waals surface area contributed by atoms with Gasteiger partial charge < -0.3 is 5.32 Å². The number of anilines is 1. The van der Waals surface area contributed by atoms with Crippen molar-refractivity contribution in [2.24, 2.45) is 5.14 Å². The van der Waals surface area contributed by atoms with Gasteiger partial charge in [-0.05, 0) is 36.2 Å². The lowest BCUT2D eigenvalue weighted by atomic mass is 10.0. The zero-order valence-electron chi connectivity index (χ0n) is 15.5. The van der Waals surface area contributed by atoms with Crippen LogP contribution in [0, 0.1) is 0 Å². The molecule has 3 rings (SSSR count). The van der Waals surface area contributed by atoms with Gasteiger partial charge >= 0.3 is 0 Å². The summed E-state index contributed by atoms with van der Waals surface area (Å²) in [6.45, 7) is 0. The van der Waals surface area contributed by atoms with Crippen LogP contribution in [0.15, 0.2) is 83.8 Å². The summed E-state index contributed by atoms with van der Waals surface area (Å²) in [5.74, 6) is -0.240. The fraction of sp³-hybridized carbons (Fsp3) is 0.0909. The van der Waals surface area contributed by atoms with Crippen molar-refractivity contribution in [2.75, 3.05) is 5.32 Å². The van der Waals surface area contributed by atoms with Crippen molar-refractivity contribution >= 4 is 27.4 Å². The molecule has 0 aliphatic heterocycles. The van der Waals surface area contributed by atoms with Crippen molar-refractivity contribution in [3.05, 3.63) is 95.6 Å². The number of aryl methyl sites for hydroxylation is 1. The first-order chi connectivity index (χ1) is 13.8. The summed E-state index contributed by atoms with van der Waals surface area (Å²) >= 11 is 0. The quantitative estimate of drug-likeness (QED) is 0.586. The summed E-state index contributed by atoms with van der Waals surface area (Å²) < 4.78 is 22.5. The molecule has 0 saturated heterocycles. The Kier molecular flexibility index (Phi) is 6.21. The number of primary sulfonamides is 1. The van der Waals surface area contributed by atoms with Crippen LogP contribution in [0.2, 0.25) is 0 Å². The molecule has 1 amide bonds. The monoisotopic (exact) mass is 408 g/mol. The molecule has 0 aliphatic carbocycles. The Morgan fingerprint density at radius 1 is 0.793 bits per heavy atom. The van der Waals surface area contributed by atoms with E-state index in [-0.39, 0.29) is 23.0 Å². The molecule has 6 nitrogen and oxygen atoms in total. The SMILES string of the molecule is NS(=O)(=O)c1ccc(NC(=O)CCc2ccc(C(=O)c3ccccc3)cc2)cc1. The van der Waals surface area contributed by atoms with Crippen LogP contribution in [0.25, 0.3) is 0 Å². The van der Waals surface area contributed by atoms with E-state index in [4.69, 9.17) is 5.14 Å². The molecule has 7 heteroatoms. The number of carbonyl (C=O) groups is 2. The van der Waals surface area contributed by atoms with Gasteiger partial charge in [-0.3, -0.25) is 9.59 Å². The van der Waals surface area contributed by atoms with Gasteiger partial charge in [0.25, 0.3) is 0 Å². The molecule has 3 N–H and O–H groups in total. The lowest BCUT2D eigenvalue weighted by Crippen LogP contribution is -2.14. The van der Waals surface area contributed by atoms with Crippen LogP contribution in [0.3, 0.4) is 0 Å². The summed E-state index contributed by atoms with van der Waals surface area (Å²) in [5.41, 5.74) is 2.66. The topological polar surface area (TPSA) is 106 Å². The van der Waals surface area contributed by atoms with Gasteiger partial charge in [-0.1, -0.05) is 54.6 Å². The summed E-state index contributed by atoms with van der Waals surface area (Å²) in [7, 11) is -3.76. The molecular weight excluding hydrogens is 388 g/mol. The Morgan fingerprint density at radius 2 is 1.38 bits per heavy atom. The van der Waals surface area contributed by atoms with Gasteiger partial charge in [-0.2, -0.15) is 0 Å². The number of rotatable bonds is 7. The number of carbonyl (C=O) groups excluding carboxylic acids is 2. The minimum atomic E-state index is -3.76. The number of ketones is 1. The maximum Gasteiger partial charge on any atom is 0.238 e. The molecule has 0 unspecified atom stereocenters. The highest BCUT2D eigenvalue weighted by molar-refractivity contribution is 7.89. The highest BCUT2D eigenvalue weighted by atomic mass is 32.2. The van der Waals surface area contributed by atoms with E-state index in [1.165, 1.54) is 24.3 Å². The summed E-state index contributed by atoms with van der Waals surface area (Å²) in [6, 6.07) is 21.9. The number of nitrogens with one attached hydrogen (secondary N) is 1. The van der Waals surface area contributed by atoms with Gasteiger partial charge in [0.1, 0.15) is 0 Å². The molecule has 3 aromatic carbocycles. The largest absolute Gasteiger partial charge is 0.326 e. The lowest BCUT2D eigenvalue weighted by molar-refractivity contribution is -0.116. The summed E-state index contributed by atoms with van der Waals surface area (Å²) in [6.07, 6.45) is 0.768. The van der Waals surface area contributed by atoms with Gasteiger partial charge in [0.15, 0.2) is 5.78 Å². The molecule has 3 aromatic rings. The highest BCUT2D eigenvalue weighted by Crippen LogP contribution is 2.15. The maximum absolute atomic E-state index is 12.4. The molecule has 0 spiro atoms. The summed E-state index contributed by atoms with van der Waals surface area (Å²) in [4.78, 5) is 24.5. The van der Waals surface area contributed by atoms with E-state index in [0.717, 1.165) is 5.56 Å². The Morgan fingerprint density at radius 3 is 1.97 bits per heavy atom. The highest BCUT2D eigenvalue weighted by Gasteiger charge is 2.10. The standard InChI is InChI=1S/C22H20N2O4S/c23-29(27,28)20-13-11-19(12-14-20)24-21(25)15-8-16-6-9-18(10-7-16)22(26)17-4-2-1-3-5-17/h1-7,9-14H,8,15H2,(H,24,25)(H2,23,27,28).